The molecule has 2 fully saturated rings. The standard InChI is InChI=1S/C30H37F4N3O5S.ClH/c1-3-36(28(38)14-20-4-6-26(7-5-20)43(2,41)42)24-8-11-35(12-9-24)13-10-27(21-15-22(31)17-23(32)16-21)37(29(39)40)25-18-30(33,34)19-25;/h4-7,15-17,24-25,27H,3,8-14,18-19H2,1-2H3,(H,39,40);1H. The predicted molar refractivity (Wildman–Crippen MR) is 159 cm³/mol. The van der Waals surface area contributed by atoms with E-state index in [1.807, 2.05) is 11.8 Å². The molecule has 4 rings (SSSR count). The second-order valence-corrected chi connectivity index (χ2v) is 13.5. The Bertz CT molecular complexity index is 1390. The van der Waals surface area contributed by atoms with E-state index in [0.29, 0.717) is 50.7 Å². The highest BCUT2D eigenvalue weighted by atomic mass is 35.5. The number of hydrogen-bond donors (Lipinski definition) is 1. The molecule has 1 aliphatic heterocycles. The Morgan fingerprint density at radius 3 is 2.07 bits per heavy atom. The molecule has 14 heteroatoms. The molecule has 2 aromatic carbocycles. The minimum atomic E-state index is -3.33. The summed E-state index contributed by atoms with van der Waals surface area (Å²) in [7, 11) is -3.33. The molecule has 2 aromatic rings. The van der Waals surface area contributed by atoms with E-state index in [4.69, 9.17) is 0 Å². The molecular formula is C30H38ClF4N3O5S. The molecule has 0 aromatic heterocycles. The van der Waals surface area contributed by atoms with Crippen LogP contribution in [0.25, 0.3) is 0 Å². The molecule has 44 heavy (non-hydrogen) atoms. The molecule has 0 spiro atoms. The average molecular weight is 664 g/mol. The van der Waals surface area contributed by atoms with Gasteiger partial charge in [0.05, 0.1) is 17.4 Å². The third-order valence-corrected chi connectivity index (χ3v) is 9.50. The van der Waals surface area contributed by atoms with Gasteiger partial charge in [0.2, 0.25) is 5.91 Å². The molecule has 1 saturated heterocycles. The van der Waals surface area contributed by atoms with Gasteiger partial charge in [0.1, 0.15) is 11.6 Å². The average Bonchev–Trinajstić information content (AvgIpc) is 2.90. The summed E-state index contributed by atoms with van der Waals surface area (Å²) in [5, 5.41) is 9.93. The predicted octanol–water partition coefficient (Wildman–Crippen LogP) is 5.55. The van der Waals surface area contributed by atoms with E-state index in [1.54, 1.807) is 12.1 Å². The van der Waals surface area contributed by atoms with Gasteiger partial charge in [-0.25, -0.2) is 30.8 Å². The maximum atomic E-state index is 14.1. The van der Waals surface area contributed by atoms with Crippen molar-refractivity contribution in [3.8, 4) is 0 Å². The van der Waals surface area contributed by atoms with Crippen molar-refractivity contribution in [1.82, 2.24) is 14.7 Å². The lowest BCUT2D eigenvalue weighted by atomic mass is 9.85. The van der Waals surface area contributed by atoms with Gasteiger partial charge in [-0.05, 0) is 61.6 Å². The van der Waals surface area contributed by atoms with Crippen LogP contribution in [-0.4, -0.2) is 90.7 Å². The summed E-state index contributed by atoms with van der Waals surface area (Å²) in [6.07, 6.45) is 0.0296. The Balaban J connectivity index is 0.00000529. The van der Waals surface area contributed by atoms with Gasteiger partial charge in [-0.15, -0.1) is 12.4 Å². The molecule has 1 N–H and O–H groups in total. The van der Waals surface area contributed by atoms with Crippen LogP contribution < -0.4 is 0 Å². The molecule has 1 atom stereocenters. The first-order chi connectivity index (χ1) is 20.2. The van der Waals surface area contributed by atoms with Crippen LogP contribution in [0.1, 0.15) is 56.2 Å². The summed E-state index contributed by atoms with van der Waals surface area (Å²) in [6, 6.07) is 7.03. The van der Waals surface area contributed by atoms with Gasteiger partial charge in [-0.3, -0.25) is 9.69 Å². The lowest BCUT2D eigenvalue weighted by Gasteiger charge is -2.45. The second kappa shape index (κ2) is 14.5. The molecule has 1 unspecified atom stereocenters. The van der Waals surface area contributed by atoms with Crippen LogP contribution in [0.3, 0.4) is 0 Å². The van der Waals surface area contributed by atoms with Gasteiger partial charge in [0, 0.05) is 63.4 Å². The highest BCUT2D eigenvalue weighted by Crippen LogP contribution is 2.44. The molecule has 8 nitrogen and oxygen atoms in total. The highest BCUT2D eigenvalue weighted by Gasteiger charge is 2.51. The lowest BCUT2D eigenvalue weighted by Crippen LogP contribution is -2.54. The van der Waals surface area contributed by atoms with E-state index in [2.05, 4.69) is 4.90 Å². The van der Waals surface area contributed by atoms with E-state index in [0.717, 1.165) is 23.3 Å². The van der Waals surface area contributed by atoms with Crippen molar-refractivity contribution in [1.29, 1.82) is 0 Å². The second-order valence-electron chi connectivity index (χ2n) is 11.5. The zero-order valence-corrected chi connectivity index (χ0v) is 26.2. The van der Waals surface area contributed by atoms with Crippen LogP contribution in [0.4, 0.5) is 22.4 Å². The van der Waals surface area contributed by atoms with Crippen molar-refractivity contribution in [3.05, 3.63) is 65.2 Å². The fourth-order valence-corrected chi connectivity index (χ4v) is 6.76. The molecule has 2 aliphatic rings. The molecule has 1 aliphatic carbocycles. The number of benzene rings is 2. The third-order valence-electron chi connectivity index (χ3n) is 8.37. The SMILES string of the molecule is CCN(C(=O)Cc1ccc(S(C)(=O)=O)cc1)C1CCN(CCC(c2cc(F)cc(F)c2)N(C(=O)O)C2CC(F)(F)C2)CC1.Cl. The van der Waals surface area contributed by atoms with Crippen molar-refractivity contribution < 1.29 is 40.7 Å². The van der Waals surface area contributed by atoms with E-state index < -0.39 is 58.4 Å². The number of amides is 2. The number of carboxylic acid groups (broad SMARTS) is 1. The van der Waals surface area contributed by atoms with Crippen molar-refractivity contribution in [2.75, 3.05) is 32.4 Å². The minimum absolute atomic E-state index is 0. The quantitative estimate of drug-likeness (QED) is 0.317. The van der Waals surface area contributed by atoms with Crippen molar-refractivity contribution in [2.45, 2.75) is 74.4 Å². The summed E-state index contributed by atoms with van der Waals surface area (Å²) in [6.45, 7) is 3.95. The molecule has 0 bridgehead atoms. The number of alkyl halides is 2. The van der Waals surface area contributed by atoms with Gasteiger partial charge in [-0.1, -0.05) is 12.1 Å². The van der Waals surface area contributed by atoms with Gasteiger partial charge in [-0.2, -0.15) is 0 Å². The number of carbonyl (C=O) groups is 2. The first-order valence-corrected chi connectivity index (χ1v) is 16.2. The Morgan fingerprint density at radius 1 is 1.02 bits per heavy atom. The number of sulfone groups is 1. The summed E-state index contributed by atoms with van der Waals surface area (Å²) < 4.78 is 78.9. The van der Waals surface area contributed by atoms with E-state index in [1.165, 1.54) is 12.1 Å². The van der Waals surface area contributed by atoms with E-state index >= 15 is 0 Å². The molecule has 1 saturated carbocycles. The van der Waals surface area contributed by atoms with Crippen LogP contribution in [0.15, 0.2) is 47.4 Å². The van der Waals surface area contributed by atoms with Gasteiger partial charge >= 0.3 is 6.09 Å². The Labute approximate surface area is 261 Å². The smallest absolute Gasteiger partial charge is 0.408 e. The van der Waals surface area contributed by atoms with Gasteiger partial charge < -0.3 is 14.9 Å². The van der Waals surface area contributed by atoms with E-state index in [-0.39, 0.29) is 47.7 Å². The summed E-state index contributed by atoms with van der Waals surface area (Å²) >= 11 is 0. The summed E-state index contributed by atoms with van der Waals surface area (Å²) in [5.74, 6) is -4.79. The topological polar surface area (TPSA) is 98.2 Å². The highest BCUT2D eigenvalue weighted by molar-refractivity contribution is 7.90. The Hall–Kier alpha value is -2.90. The van der Waals surface area contributed by atoms with Crippen molar-refractivity contribution in [3.63, 3.8) is 0 Å². The number of nitrogens with zero attached hydrogens (tertiary/aromatic N) is 3. The maximum Gasteiger partial charge on any atom is 0.408 e. The Morgan fingerprint density at radius 2 is 1.59 bits per heavy atom. The normalized spacial score (nSPS) is 18.1. The number of likely N-dealkylation sites (N-methyl/N-ethyl adjacent to an activating group) is 1. The number of likely N-dealkylation sites (tertiary alicyclic amines) is 1. The zero-order chi connectivity index (χ0) is 31.5. The van der Waals surface area contributed by atoms with Crippen LogP contribution in [-0.2, 0) is 21.1 Å². The first-order valence-electron chi connectivity index (χ1n) is 14.3. The minimum Gasteiger partial charge on any atom is -0.465 e. The molecule has 244 valence electrons. The maximum absolute atomic E-state index is 14.1. The third kappa shape index (κ3) is 8.85. The summed E-state index contributed by atoms with van der Waals surface area (Å²) in [5.41, 5.74) is 0.789. The molecule has 1 heterocycles. The summed E-state index contributed by atoms with van der Waals surface area (Å²) in [4.78, 5) is 30.3. The number of carbonyl (C=O) groups excluding carboxylic acids is 1. The Kier molecular flexibility index (Phi) is 11.7. The molecule has 0 radical (unpaired) electrons. The van der Waals surface area contributed by atoms with Crippen LogP contribution >= 0.6 is 12.4 Å². The fraction of sp³-hybridized carbons (Fsp3) is 0.533. The van der Waals surface area contributed by atoms with E-state index in [9.17, 15) is 40.7 Å². The zero-order valence-electron chi connectivity index (χ0n) is 24.6. The van der Waals surface area contributed by atoms with Crippen molar-refractivity contribution >= 4 is 34.2 Å². The number of piperidine rings is 1. The molecule has 2 amide bonds. The number of rotatable bonds is 11. The van der Waals surface area contributed by atoms with Crippen LogP contribution in [0.2, 0.25) is 0 Å². The van der Waals surface area contributed by atoms with Gasteiger partial charge in [0.15, 0.2) is 9.84 Å². The largest absolute Gasteiger partial charge is 0.465 e. The monoisotopic (exact) mass is 663 g/mol. The number of hydrogen-bond acceptors (Lipinski definition) is 5. The number of halogens is 5. The van der Waals surface area contributed by atoms with Gasteiger partial charge in [0.25, 0.3) is 5.92 Å². The fourth-order valence-electron chi connectivity index (χ4n) is 6.13. The first kappa shape index (κ1) is 35.6. The molecular weight excluding hydrogens is 626 g/mol. The lowest BCUT2D eigenvalue weighted by molar-refractivity contribution is -0.133. The van der Waals surface area contributed by atoms with Crippen molar-refractivity contribution in [2.24, 2.45) is 0 Å². The van der Waals surface area contributed by atoms with Crippen LogP contribution in [0.5, 0.6) is 0 Å². The van der Waals surface area contributed by atoms with Crippen LogP contribution in [0, 0.1) is 11.6 Å².